The third-order valence-corrected chi connectivity index (χ3v) is 5.73. The molecular weight excluding hydrogens is 314 g/mol. The van der Waals surface area contributed by atoms with E-state index >= 15 is 0 Å². The third-order valence-electron chi connectivity index (χ3n) is 5.73. The van der Waals surface area contributed by atoms with E-state index in [2.05, 4.69) is 23.6 Å². The van der Waals surface area contributed by atoms with E-state index in [-0.39, 0.29) is 0 Å². The zero-order valence-corrected chi connectivity index (χ0v) is 16.1. The summed E-state index contributed by atoms with van der Waals surface area (Å²) in [7, 11) is 1.76. The van der Waals surface area contributed by atoms with Gasteiger partial charge in [0.1, 0.15) is 5.75 Å². The van der Waals surface area contributed by atoms with Crippen LogP contribution in [0.25, 0.3) is 0 Å². The Morgan fingerprint density at radius 1 is 1.20 bits per heavy atom. The Hall–Kier alpha value is -1.17. The summed E-state index contributed by atoms with van der Waals surface area (Å²) in [6.07, 6.45) is 7.17. The molecule has 0 amide bonds. The van der Waals surface area contributed by atoms with Crippen molar-refractivity contribution in [3.05, 3.63) is 23.0 Å². The van der Waals surface area contributed by atoms with Crippen molar-refractivity contribution < 1.29 is 9.47 Å². The number of pyridine rings is 1. The van der Waals surface area contributed by atoms with E-state index in [1.807, 2.05) is 6.20 Å². The SMILES string of the molecule is COc1c(C)cnc(CN2CCCC[C@@H]2CCN2CCOCC2)c1C. The minimum Gasteiger partial charge on any atom is -0.496 e. The molecule has 1 aromatic heterocycles. The average molecular weight is 348 g/mol. The Balaban J connectivity index is 1.63. The van der Waals surface area contributed by atoms with E-state index in [1.165, 1.54) is 50.0 Å². The minimum atomic E-state index is 0.671. The van der Waals surface area contributed by atoms with Crippen molar-refractivity contribution in [2.75, 3.05) is 46.5 Å². The summed E-state index contributed by atoms with van der Waals surface area (Å²) in [6, 6.07) is 0.671. The van der Waals surface area contributed by atoms with Crippen LogP contribution in [0.5, 0.6) is 5.75 Å². The summed E-state index contributed by atoms with van der Waals surface area (Å²) in [6.45, 7) is 11.5. The number of aromatic nitrogens is 1. The Kier molecular flexibility index (Phi) is 6.68. The lowest BCUT2D eigenvalue weighted by Gasteiger charge is -2.37. The number of morpholine rings is 1. The van der Waals surface area contributed by atoms with Gasteiger partial charge in [-0.05, 0) is 46.2 Å². The highest BCUT2D eigenvalue weighted by Crippen LogP contribution is 2.27. The fourth-order valence-corrected chi connectivity index (χ4v) is 4.17. The molecule has 1 atom stereocenters. The first-order valence-electron chi connectivity index (χ1n) is 9.72. The van der Waals surface area contributed by atoms with Gasteiger partial charge in [-0.15, -0.1) is 0 Å². The first kappa shape index (κ1) is 18.6. The van der Waals surface area contributed by atoms with Gasteiger partial charge in [0.15, 0.2) is 0 Å². The molecule has 25 heavy (non-hydrogen) atoms. The molecule has 0 unspecified atom stereocenters. The van der Waals surface area contributed by atoms with Crippen molar-refractivity contribution in [2.45, 2.75) is 52.1 Å². The molecule has 0 aromatic carbocycles. The molecule has 0 spiro atoms. The van der Waals surface area contributed by atoms with E-state index in [1.54, 1.807) is 7.11 Å². The first-order chi connectivity index (χ1) is 12.2. The smallest absolute Gasteiger partial charge is 0.128 e. The van der Waals surface area contributed by atoms with Crippen LogP contribution in [-0.4, -0.2) is 67.3 Å². The van der Waals surface area contributed by atoms with Crippen molar-refractivity contribution in [2.24, 2.45) is 0 Å². The number of piperidine rings is 1. The van der Waals surface area contributed by atoms with Gasteiger partial charge in [0, 0.05) is 43.0 Å². The maximum Gasteiger partial charge on any atom is 0.128 e. The van der Waals surface area contributed by atoms with Crippen LogP contribution in [-0.2, 0) is 11.3 Å². The number of hydrogen-bond acceptors (Lipinski definition) is 5. The molecule has 2 aliphatic rings. The van der Waals surface area contributed by atoms with Gasteiger partial charge in [0.2, 0.25) is 0 Å². The first-order valence-corrected chi connectivity index (χ1v) is 9.72. The van der Waals surface area contributed by atoms with Crippen LogP contribution < -0.4 is 4.74 Å². The Labute approximate surface area is 152 Å². The van der Waals surface area contributed by atoms with E-state index < -0.39 is 0 Å². The predicted octanol–water partition coefficient (Wildman–Crippen LogP) is 2.78. The molecule has 0 bridgehead atoms. The average Bonchev–Trinajstić information content (AvgIpc) is 2.64. The lowest BCUT2D eigenvalue weighted by molar-refractivity contribution is 0.0301. The highest BCUT2D eigenvalue weighted by molar-refractivity contribution is 5.41. The second-order valence-corrected chi connectivity index (χ2v) is 7.41. The Morgan fingerprint density at radius 3 is 2.76 bits per heavy atom. The quantitative estimate of drug-likeness (QED) is 0.791. The molecule has 0 N–H and O–H groups in total. The van der Waals surface area contributed by atoms with Gasteiger partial charge in [0.05, 0.1) is 26.0 Å². The zero-order chi connectivity index (χ0) is 17.6. The fraction of sp³-hybridized carbons (Fsp3) is 0.750. The third kappa shape index (κ3) is 4.72. The fourth-order valence-electron chi connectivity index (χ4n) is 4.17. The Morgan fingerprint density at radius 2 is 2.00 bits per heavy atom. The van der Waals surface area contributed by atoms with Crippen molar-refractivity contribution in [3.8, 4) is 5.75 Å². The summed E-state index contributed by atoms with van der Waals surface area (Å²) in [5.74, 6) is 0.992. The minimum absolute atomic E-state index is 0.671. The van der Waals surface area contributed by atoms with Crippen molar-refractivity contribution in [3.63, 3.8) is 0 Å². The van der Waals surface area contributed by atoms with Crippen LogP contribution in [0, 0.1) is 13.8 Å². The van der Waals surface area contributed by atoms with Gasteiger partial charge in [0.25, 0.3) is 0 Å². The molecule has 5 nitrogen and oxygen atoms in total. The number of ether oxygens (including phenoxy) is 2. The highest BCUT2D eigenvalue weighted by Gasteiger charge is 2.25. The number of aryl methyl sites for hydroxylation is 1. The van der Waals surface area contributed by atoms with Crippen molar-refractivity contribution in [1.29, 1.82) is 0 Å². The molecule has 3 rings (SSSR count). The number of rotatable bonds is 6. The largest absolute Gasteiger partial charge is 0.496 e. The molecule has 3 heterocycles. The molecule has 1 aromatic rings. The summed E-state index contributed by atoms with van der Waals surface area (Å²) in [5, 5.41) is 0. The maximum absolute atomic E-state index is 5.58. The van der Waals surface area contributed by atoms with Crippen LogP contribution in [0.15, 0.2) is 6.20 Å². The van der Waals surface area contributed by atoms with E-state index in [0.29, 0.717) is 6.04 Å². The monoisotopic (exact) mass is 347 g/mol. The molecular formula is C20H33N3O2. The molecule has 0 radical (unpaired) electrons. The van der Waals surface area contributed by atoms with E-state index in [9.17, 15) is 0 Å². The van der Waals surface area contributed by atoms with Gasteiger partial charge in [-0.3, -0.25) is 14.8 Å². The summed E-state index contributed by atoms with van der Waals surface area (Å²) in [4.78, 5) is 9.91. The second kappa shape index (κ2) is 8.97. The van der Waals surface area contributed by atoms with Crippen molar-refractivity contribution >= 4 is 0 Å². The molecule has 0 saturated carbocycles. The molecule has 5 heteroatoms. The van der Waals surface area contributed by atoms with Gasteiger partial charge < -0.3 is 9.47 Å². The summed E-state index contributed by atoms with van der Waals surface area (Å²) < 4.78 is 11.0. The summed E-state index contributed by atoms with van der Waals surface area (Å²) in [5.41, 5.74) is 3.48. The Bertz CT molecular complexity index is 558. The standard InChI is InChI=1S/C20H33N3O2/c1-16-14-21-19(17(2)20(16)24-3)15-23-8-5-4-6-18(23)7-9-22-10-12-25-13-11-22/h14,18H,4-13,15H2,1-3H3/t18-/m1/s1. The number of methoxy groups -OCH3 is 1. The lowest BCUT2D eigenvalue weighted by atomic mass is 9.98. The highest BCUT2D eigenvalue weighted by atomic mass is 16.5. The zero-order valence-electron chi connectivity index (χ0n) is 16.1. The maximum atomic E-state index is 5.58. The van der Waals surface area contributed by atoms with Crippen LogP contribution in [0.4, 0.5) is 0 Å². The predicted molar refractivity (Wildman–Crippen MR) is 100 cm³/mol. The number of nitrogens with zero attached hydrogens (tertiary/aromatic N) is 3. The molecule has 2 saturated heterocycles. The van der Waals surface area contributed by atoms with Gasteiger partial charge in [-0.25, -0.2) is 0 Å². The molecule has 140 valence electrons. The lowest BCUT2D eigenvalue weighted by Crippen LogP contribution is -2.43. The van der Waals surface area contributed by atoms with Crippen LogP contribution in [0.1, 0.15) is 42.5 Å². The van der Waals surface area contributed by atoms with Crippen LogP contribution in [0.2, 0.25) is 0 Å². The van der Waals surface area contributed by atoms with E-state index in [0.717, 1.165) is 44.2 Å². The second-order valence-electron chi connectivity index (χ2n) is 7.41. The normalized spacial score (nSPS) is 22.9. The van der Waals surface area contributed by atoms with Crippen LogP contribution >= 0.6 is 0 Å². The number of hydrogen-bond donors (Lipinski definition) is 0. The van der Waals surface area contributed by atoms with E-state index in [4.69, 9.17) is 14.5 Å². The van der Waals surface area contributed by atoms with Crippen LogP contribution in [0.3, 0.4) is 0 Å². The van der Waals surface area contributed by atoms with Gasteiger partial charge >= 0.3 is 0 Å². The van der Waals surface area contributed by atoms with Gasteiger partial charge in [-0.1, -0.05) is 6.42 Å². The van der Waals surface area contributed by atoms with Gasteiger partial charge in [-0.2, -0.15) is 0 Å². The molecule has 2 aliphatic heterocycles. The summed E-state index contributed by atoms with van der Waals surface area (Å²) >= 11 is 0. The molecule has 2 fully saturated rings. The molecule has 0 aliphatic carbocycles. The van der Waals surface area contributed by atoms with Crippen molar-refractivity contribution in [1.82, 2.24) is 14.8 Å². The topological polar surface area (TPSA) is 37.8 Å². The number of likely N-dealkylation sites (tertiary alicyclic amines) is 1.